The third-order valence-corrected chi connectivity index (χ3v) is 5.19. The van der Waals surface area contributed by atoms with Crippen molar-refractivity contribution < 1.29 is 8.42 Å². The molecule has 0 aromatic heterocycles. The smallest absolute Gasteiger partial charge is 0.243 e. The zero-order chi connectivity index (χ0) is 14.3. The number of rotatable bonds is 8. The molecule has 5 heteroatoms. The third-order valence-electron chi connectivity index (χ3n) is 3.04. The number of hydrogen-bond acceptors (Lipinski definition) is 3. The van der Waals surface area contributed by atoms with E-state index in [1.54, 1.807) is 12.1 Å². The first-order valence-electron chi connectivity index (χ1n) is 6.86. The molecule has 0 saturated heterocycles. The van der Waals surface area contributed by atoms with Gasteiger partial charge in [-0.1, -0.05) is 39.0 Å². The Morgan fingerprint density at radius 1 is 1.11 bits per heavy atom. The Morgan fingerprint density at radius 3 is 2.32 bits per heavy atom. The molecular formula is C14H24N2O2S. The van der Waals surface area contributed by atoms with E-state index in [9.17, 15) is 8.42 Å². The van der Waals surface area contributed by atoms with Gasteiger partial charge in [-0.3, -0.25) is 0 Å². The molecule has 0 amide bonds. The van der Waals surface area contributed by atoms with Gasteiger partial charge in [0.05, 0.1) is 4.90 Å². The zero-order valence-corrected chi connectivity index (χ0v) is 12.8. The summed E-state index contributed by atoms with van der Waals surface area (Å²) in [7, 11) is -3.38. The topological polar surface area (TPSA) is 49.4 Å². The van der Waals surface area contributed by atoms with Crippen LogP contribution in [0.4, 0.5) is 0 Å². The highest BCUT2D eigenvalue weighted by Crippen LogP contribution is 2.19. The van der Waals surface area contributed by atoms with E-state index in [0.717, 1.165) is 18.5 Å². The van der Waals surface area contributed by atoms with Crippen molar-refractivity contribution in [3.05, 3.63) is 29.8 Å². The summed E-state index contributed by atoms with van der Waals surface area (Å²) in [6.45, 7) is 8.28. The van der Waals surface area contributed by atoms with E-state index in [4.69, 9.17) is 0 Å². The lowest BCUT2D eigenvalue weighted by molar-refractivity contribution is 0.444. The van der Waals surface area contributed by atoms with Crippen LogP contribution in [0.25, 0.3) is 0 Å². The largest absolute Gasteiger partial charge is 0.313 e. The first-order valence-corrected chi connectivity index (χ1v) is 8.30. The monoisotopic (exact) mass is 284 g/mol. The zero-order valence-electron chi connectivity index (χ0n) is 12.0. The number of nitrogens with one attached hydrogen (secondary N) is 1. The van der Waals surface area contributed by atoms with Gasteiger partial charge in [0.2, 0.25) is 10.0 Å². The van der Waals surface area contributed by atoms with Crippen LogP contribution in [0.3, 0.4) is 0 Å². The molecule has 0 radical (unpaired) electrons. The van der Waals surface area contributed by atoms with Crippen LogP contribution in [0.1, 0.15) is 32.8 Å². The van der Waals surface area contributed by atoms with Crippen LogP contribution in [-0.2, 0) is 16.6 Å². The van der Waals surface area contributed by atoms with Crippen LogP contribution in [0, 0.1) is 0 Å². The van der Waals surface area contributed by atoms with Crippen LogP contribution >= 0.6 is 0 Å². The van der Waals surface area contributed by atoms with Crippen molar-refractivity contribution >= 4 is 10.0 Å². The second kappa shape index (κ2) is 7.62. The van der Waals surface area contributed by atoms with E-state index in [1.165, 1.54) is 4.31 Å². The predicted octanol–water partition coefficient (Wildman–Crippen LogP) is 2.22. The van der Waals surface area contributed by atoms with Crippen LogP contribution < -0.4 is 5.32 Å². The van der Waals surface area contributed by atoms with Gasteiger partial charge in [-0.2, -0.15) is 4.31 Å². The first kappa shape index (κ1) is 16.1. The summed E-state index contributed by atoms with van der Waals surface area (Å²) >= 11 is 0. The molecule has 1 aromatic rings. The SMILES string of the molecule is CCCNCc1ccccc1S(=O)(=O)N(CC)CC. The van der Waals surface area contributed by atoms with E-state index >= 15 is 0 Å². The molecule has 0 bridgehead atoms. The summed E-state index contributed by atoms with van der Waals surface area (Å²) in [6, 6.07) is 7.22. The molecule has 1 N–H and O–H groups in total. The molecule has 108 valence electrons. The van der Waals surface area contributed by atoms with E-state index in [1.807, 2.05) is 26.0 Å². The van der Waals surface area contributed by atoms with Crippen LogP contribution in [0.5, 0.6) is 0 Å². The fraction of sp³-hybridized carbons (Fsp3) is 0.571. The molecular weight excluding hydrogens is 260 g/mol. The van der Waals surface area contributed by atoms with E-state index < -0.39 is 10.0 Å². The summed E-state index contributed by atoms with van der Waals surface area (Å²) in [4.78, 5) is 0.419. The second-order valence-corrected chi connectivity index (χ2v) is 6.28. The molecule has 0 aliphatic heterocycles. The van der Waals surface area contributed by atoms with Gasteiger partial charge in [-0.15, -0.1) is 0 Å². The molecule has 4 nitrogen and oxygen atoms in total. The predicted molar refractivity (Wildman–Crippen MR) is 78.5 cm³/mol. The molecule has 0 aliphatic rings. The lowest BCUT2D eigenvalue weighted by atomic mass is 10.2. The van der Waals surface area contributed by atoms with Gasteiger partial charge in [-0.25, -0.2) is 8.42 Å². The van der Waals surface area contributed by atoms with Gasteiger partial charge in [-0.05, 0) is 24.6 Å². The molecule has 1 rings (SSSR count). The van der Waals surface area contributed by atoms with Crippen molar-refractivity contribution in [2.24, 2.45) is 0 Å². The molecule has 0 unspecified atom stereocenters. The summed E-state index contributed by atoms with van der Waals surface area (Å²) in [6.07, 6.45) is 1.03. The minimum absolute atomic E-state index is 0.419. The van der Waals surface area contributed by atoms with Crippen LogP contribution in [-0.4, -0.2) is 32.4 Å². The lowest BCUT2D eigenvalue weighted by Crippen LogP contribution is -2.31. The van der Waals surface area contributed by atoms with Crippen molar-refractivity contribution in [3.8, 4) is 0 Å². The van der Waals surface area contributed by atoms with Crippen LogP contribution in [0.15, 0.2) is 29.2 Å². The Balaban J connectivity index is 3.05. The normalized spacial score (nSPS) is 12.0. The van der Waals surface area contributed by atoms with Crippen molar-refractivity contribution in [3.63, 3.8) is 0 Å². The van der Waals surface area contributed by atoms with Gasteiger partial charge in [0, 0.05) is 19.6 Å². The number of hydrogen-bond donors (Lipinski definition) is 1. The Kier molecular flexibility index (Phi) is 6.48. The Labute approximate surface area is 116 Å². The summed E-state index contributed by atoms with van der Waals surface area (Å²) in [5.41, 5.74) is 0.836. The van der Waals surface area contributed by atoms with Crippen LogP contribution in [0.2, 0.25) is 0 Å². The van der Waals surface area contributed by atoms with Crippen molar-refractivity contribution in [1.82, 2.24) is 9.62 Å². The Hall–Kier alpha value is -0.910. The molecule has 0 saturated carbocycles. The molecule has 0 atom stereocenters. The summed E-state index contributed by atoms with van der Waals surface area (Å²) in [5.74, 6) is 0. The summed E-state index contributed by atoms with van der Waals surface area (Å²) in [5, 5.41) is 3.26. The number of sulfonamides is 1. The molecule has 0 aliphatic carbocycles. The maximum Gasteiger partial charge on any atom is 0.243 e. The fourth-order valence-corrected chi connectivity index (χ4v) is 3.68. The highest BCUT2D eigenvalue weighted by molar-refractivity contribution is 7.89. The van der Waals surface area contributed by atoms with E-state index in [-0.39, 0.29) is 0 Å². The quantitative estimate of drug-likeness (QED) is 0.745. The third kappa shape index (κ3) is 4.03. The second-order valence-electron chi connectivity index (χ2n) is 4.37. The minimum Gasteiger partial charge on any atom is -0.313 e. The average Bonchev–Trinajstić information content (AvgIpc) is 2.40. The van der Waals surface area contributed by atoms with Gasteiger partial charge in [0.15, 0.2) is 0 Å². The standard InChI is InChI=1S/C14H24N2O2S/c1-4-11-15-12-13-9-7-8-10-14(13)19(17,18)16(5-2)6-3/h7-10,15H,4-6,11-12H2,1-3H3. The highest BCUT2D eigenvalue weighted by Gasteiger charge is 2.23. The van der Waals surface area contributed by atoms with Crippen molar-refractivity contribution in [1.29, 1.82) is 0 Å². The van der Waals surface area contributed by atoms with Gasteiger partial charge in [0.1, 0.15) is 0 Å². The maximum atomic E-state index is 12.5. The summed E-state index contributed by atoms with van der Waals surface area (Å²) < 4.78 is 26.6. The molecule has 0 heterocycles. The molecule has 19 heavy (non-hydrogen) atoms. The highest BCUT2D eigenvalue weighted by atomic mass is 32.2. The van der Waals surface area contributed by atoms with Crippen molar-refractivity contribution in [2.45, 2.75) is 38.6 Å². The van der Waals surface area contributed by atoms with Gasteiger partial charge < -0.3 is 5.32 Å². The van der Waals surface area contributed by atoms with Gasteiger partial charge in [0.25, 0.3) is 0 Å². The fourth-order valence-electron chi connectivity index (χ4n) is 2.00. The van der Waals surface area contributed by atoms with E-state index in [2.05, 4.69) is 12.2 Å². The first-order chi connectivity index (χ1) is 9.07. The molecule has 0 spiro atoms. The minimum atomic E-state index is -3.38. The Morgan fingerprint density at radius 2 is 1.74 bits per heavy atom. The average molecular weight is 284 g/mol. The molecule has 1 aromatic carbocycles. The number of nitrogens with zero attached hydrogens (tertiary/aromatic N) is 1. The molecule has 0 fully saturated rings. The lowest BCUT2D eigenvalue weighted by Gasteiger charge is -2.20. The maximum absolute atomic E-state index is 12.5. The number of benzene rings is 1. The van der Waals surface area contributed by atoms with Gasteiger partial charge >= 0.3 is 0 Å². The van der Waals surface area contributed by atoms with E-state index in [0.29, 0.717) is 24.5 Å². The van der Waals surface area contributed by atoms with Crippen molar-refractivity contribution in [2.75, 3.05) is 19.6 Å². The Bertz CT molecular complexity index is 482.